The van der Waals surface area contributed by atoms with Crippen LogP contribution in [0.1, 0.15) is 36.5 Å². The number of nitrogens with two attached hydrogens (primary N) is 1. The van der Waals surface area contributed by atoms with Crippen molar-refractivity contribution in [3.8, 4) is 0 Å². The summed E-state index contributed by atoms with van der Waals surface area (Å²) in [5.74, 6) is -0.131. The van der Waals surface area contributed by atoms with Crippen LogP contribution in [0.15, 0.2) is 6.07 Å². The minimum atomic E-state index is -0.356. The summed E-state index contributed by atoms with van der Waals surface area (Å²) >= 11 is 0. The molecule has 2 unspecified atom stereocenters. The highest BCUT2D eigenvalue weighted by atomic mass is 16.5. The van der Waals surface area contributed by atoms with Crippen molar-refractivity contribution >= 4 is 11.9 Å². The van der Waals surface area contributed by atoms with E-state index in [1.165, 1.54) is 0 Å². The van der Waals surface area contributed by atoms with Crippen LogP contribution in [-0.4, -0.2) is 34.1 Å². The van der Waals surface area contributed by atoms with E-state index in [1.54, 1.807) is 13.0 Å². The van der Waals surface area contributed by atoms with Crippen LogP contribution in [0.25, 0.3) is 0 Å². The molecule has 0 spiro atoms. The van der Waals surface area contributed by atoms with Crippen molar-refractivity contribution in [1.82, 2.24) is 15.3 Å². The molecule has 0 radical (unpaired) electrons. The molecule has 1 amide bonds. The number of carbonyl (C=O) groups excluding carboxylic acids is 1. The van der Waals surface area contributed by atoms with Gasteiger partial charge in [-0.3, -0.25) is 4.79 Å². The van der Waals surface area contributed by atoms with E-state index in [0.29, 0.717) is 18.0 Å². The molecule has 0 aromatic carbocycles. The fourth-order valence-electron chi connectivity index (χ4n) is 2.03. The van der Waals surface area contributed by atoms with E-state index >= 15 is 0 Å². The van der Waals surface area contributed by atoms with Gasteiger partial charge in [0.15, 0.2) is 0 Å². The summed E-state index contributed by atoms with van der Waals surface area (Å²) in [4.78, 5) is 20.0. The molecule has 6 nitrogen and oxygen atoms in total. The maximum atomic E-state index is 12.1. The third-order valence-corrected chi connectivity index (χ3v) is 3.39. The highest BCUT2D eigenvalue weighted by Gasteiger charge is 2.38. The molecule has 1 aromatic heterocycles. The largest absolute Gasteiger partial charge is 0.376 e. The highest BCUT2D eigenvalue weighted by molar-refractivity contribution is 5.93. The molecule has 0 aliphatic carbocycles. The van der Waals surface area contributed by atoms with Crippen molar-refractivity contribution in [3.05, 3.63) is 17.5 Å². The first-order valence-corrected chi connectivity index (χ1v) is 5.96. The lowest BCUT2D eigenvalue weighted by Crippen LogP contribution is -2.50. The van der Waals surface area contributed by atoms with Gasteiger partial charge in [0.25, 0.3) is 5.91 Å². The Bertz CT molecular complexity index is 457. The molecule has 6 heteroatoms. The Kier molecular flexibility index (Phi) is 3.21. The van der Waals surface area contributed by atoms with Gasteiger partial charge in [-0.25, -0.2) is 9.97 Å². The predicted molar refractivity (Wildman–Crippen MR) is 67.1 cm³/mol. The minimum absolute atomic E-state index is 0.0123. The molecule has 1 fully saturated rings. The summed E-state index contributed by atoms with van der Waals surface area (Å²) in [5.41, 5.74) is 6.15. The molecule has 2 rings (SSSR count). The molecule has 1 aromatic rings. The molecule has 1 aliphatic rings. The standard InChI is InChI=1S/C12H18N4O2/c1-7-6-9(15-11(13)14-7)10(17)16-12(3)4-5-18-8(12)2/h6,8H,4-5H2,1-3H3,(H,16,17)(H2,13,14,15). The summed E-state index contributed by atoms with van der Waals surface area (Å²) in [6, 6.07) is 1.62. The van der Waals surface area contributed by atoms with E-state index in [1.807, 2.05) is 13.8 Å². The molecule has 0 bridgehead atoms. The topological polar surface area (TPSA) is 90.1 Å². The van der Waals surface area contributed by atoms with E-state index < -0.39 is 0 Å². The Morgan fingerprint density at radius 3 is 2.89 bits per heavy atom. The fourth-order valence-corrected chi connectivity index (χ4v) is 2.03. The number of nitrogens with one attached hydrogen (secondary N) is 1. The first kappa shape index (κ1) is 12.8. The van der Waals surface area contributed by atoms with Crippen LogP contribution in [0, 0.1) is 6.92 Å². The lowest BCUT2D eigenvalue weighted by molar-refractivity contribution is 0.0724. The van der Waals surface area contributed by atoms with Crippen molar-refractivity contribution < 1.29 is 9.53 Å². The number of hydrogen-bond acceptors (Lipinski definition) is 5. The van der Waals surface area contributed by atoms with Crippen LogP contribution in [-0.2, 0) is 4.74 Å². The van der Waals surface area contributed by atoms with Gasteiger partial charge in [-0.15, -0.1) is 0 Å². The lowest BCUT2D eigenvalue weighted by atomic mass is 9.94. The Balaban J connectivity index is 2.17. The normalized spacial score (nSPS) is 27.2. The third kappa shape index (κ3) is 2.43. The Hall–Kier alpha value is -1.69. The van der Waals surface area contributed by atoms with Crippen LogP contribution in [0.2, 0.25) is 0 Å². The number of amides is 1. The number of aryl methyl sites for hydroxylation is 1. The summed E-state index contributed by atoms with van der Waals surface area (Å²) in [6.07, 6.45) is 0.779. The van der Waals surface area contributed by atoms with Crippen molar-refractivity contribution in [2.75, 3.05) is 12.3 Å². The zero-order valence-corrected chi connectivity index (χ0v) is 10.9. The highest BCUT2D eigenvalue weighted by Crippen LogP contribution is 2.25. The second-order valence-corrected chi connectivity index (χ2v) is 4.89. The van der Waals surface area contributed by atoms with E-state index in [2.05, 4.69) is 15.3 Å². The molecule has 98 valence electrons. The van der Waals surface area contributed by atoms with Crippen LogP contribution in [0.5, 0.6) is 0 Å². The van der Waals surface area contributed by atoms with Gasteiger partial charge in [-0.2, -0.15) is 0 Å². The van der Waals surface area contributed by atoms with Gasteiger partial charge >= 0.3 is 0 Å². The van der Waals surface area contributed by atoms with Gasteiger partial charge in [-0.1, -0.05) is 0 Å². The van der Waals surface area contributed by atoms with Gasteiger partial charge in [0.05, 0.1) is 11.6 Å². The van der Waals surface area contributed by atoms with Crippen molar-refractivity contribution in [1.29, 1.82) is 0 Å². The van der Waals surface area contributed by atoms with Crippen LogP contribution in [0.3, 0.4) is 0 Å². The maximum Gasteiger partial charge on any atom is 0.270 e. The van der Waals surface area contributed by atoms with Crippen molar-refractivity contribution in [3.63, 3.8) is 0 Å². The van der Waals surface area contributed by atoms with Crippen LogP contribution < -0.4 is 11.1 Å². The zero-order chi connectivity index (χ0) is 13.3. The number of ether oxygens (including phenoxy) is 1. The van der Waals surface area contributed by atoms with Crippen molar-refractivity contribution in [2.45, 2.75) is 38.8 Å². The Morgan fingerprint density at radius 2 is 2.33 bits per heavy atom. The predicted octanol–water partition coefficient (Wildman–Crippen LogP) is 0.665. The maximum absolute atomic E-state index is 12.1. The molecule has 18 heavy (non-hydrogen) atoms. The third-order valence-electron chi connectivity index (χ3n) is 3.39. The summed E-state index contributed by atoms with van der Waals surface area (Å²) in [7, 11) is 0. The summed E-state index contributed by atoms with van der Waals surface area (Å²) in [6.45, 7) is 6.35. The van der Waals surface area contributed by atoms with Gasteiger partial charge in [0.1, 0.15) is 5.69 Å². The number of aromatic nitrogens is 2. The van der Waals surface area contributed by atoms with Crippen LogP contribution in [0.4, 0.5) is 5.95 Å². The number of nitrogens with zero attached hydrogens (tertiary/aromatic N) is 2. The SMILES string of the molecule is Cc1cc(C(=O)NC2(C)CCOC2C)nc(N)n1. The molecule has 0 saturated carbocycles. The Labute approximate surface area is 106 Å². The van der Waals surface area contributed by atoms with Gasteiger partial charge in [-0.05, 0) is 33.3 Å². The first-order chi connectivity index (χ1) is 8.40. The number of nitrogen functional groups attached to an aromatic ring is 1. The average Bonchev–Trinajstić information content (AvgIpc) is 2.57. The molecular weight excluding hydrogens is 232 g/mol. The van der Waals surface area contributed by atoms with Crippen LogP contribution >= 0.6 is 0 Å². The zero-order valence-electron chi connectivity index (χ0n) is 10.9. The smallest absolute Gasteiger partial charge is 0.270 e. The monoisotopic (exact) mass is 250 g/mol. The van der Waals surface area contributed by atoms with E-state index in [4.69, 9.17) is 10.5 Å². The van der Waals surface area contributed by atoms with E-state index in [-0.39, 0.29) is 23.5 Å². The average molecular weight is 250 g/mol. The summed E-state index contributed by atoms with van der Waals surface area (Å²) in [5, 5.41) is 2.97. The fraction of sp³-hybridized carbons (Fsp3) is 0.583. The number of carbonyl (C=O) groups is 1. The quantitative estimate of drug-likeness (QED) is 0.805. The van der Waals surface area contributed by atoms with E-state index in [0.717, 1.165) is 6.42 Å². The molecule has 3 N–H and O–H groups in total. The molecule has 1 saturated heterocycles. The summed E-state index contributed by atoms with van der Waals surface area (Å²) < 4.78 is 5.48. The molecular formula is C12H18N4O2. The van der Waals surface area contributed by atoms with E-state index in [9.17, 15) is 4.79 Å². The Morgan fingerprint density at radius 1 is 1.61 bits per heavy atom. The van der Waals surface area contributed by atoms with Gasteiger partial charge in [0, 0.05) is 12.3 Å². The second-order valence-electron chi connectivity index (χ2n) is 4.89. The van der Waals surface area contributed by atoms with Gasteiger partial charge < -0.3 is 15.8 Å². The lowest BCUT2D eigenvalue weighted by Gasteiger charge is -2.28. The number of hydrogen-bond donors (Lipinski definition) is 2. The minimum Gasteiger partial charge on any atom is -0.376 e. The number of anilines is 1. The number of rotatable bonds is 2. The molecule has 2 heterocycles. The van der Waals surface area contributed by atoms with Gasteiger partial charge in [0.2, 0.25) is 5.95 Å². The molecule has 1 aliphatic heterocycles. The first-order valence-electron chi connectivity index (χ1n) is 5.96. The second kappa shape index (κ2) is 4.53. The van der Waals surface area contributed by atoms with Crippen molar-refractivity contribution in [2.24, 2.45) is 0 Å². The molecule has 2 atom stereocenters.